The Morgan fingerprint density at radius 3 is 2.95 bits per heavy atom. The lowest BCUT2D eigenvalue weighted by atomic mass is 9.89. The fourth-order valence-corrected chi connectivity index (χ4v) is 3.24. The Hall–Kier alpha value is -2.10. The Morgan fingerprint density at radius 1 is 1.38 bits per heavy atom. The minimum Gasteiger partial charge on any atom is -0.481 e. The third kappa shape index (κ3) is 2.71. The van der Waals surface area contributed by atoms with Gasteiger partial charge in [0.25, 0.3) is 0 Å². The predicted octanol–water partition coefficient (Wildman–Crippen LogP) is 3.13. The molecule has 0 spiro atoms. The van der Waals surface area contributed by atoms with Crippen LogP contribution in [0.5, 0.6) is 0 Å². The summed E-state index contributed by atoms with van der Waals surface area (Å²) in [5, 5.41) is 9.31. The molecule has 21 heavy (non-hydrogen) atoms. The number of rotatable bonds is 4. The number of nitrogens with zero attached hydrogens (tertiary/aromatic N) is 2. The van der Waals surface area contributed by atoms with Crippen LogP contribution in [0.3, 0.4) is 0 Å². The number of imidazole rings is 1. The second kappa shape index (κ2) is 5.72. The van der Waals surface area contributed by atoms with Crippen molar-refractivity contribution in [3.05, 3.63) is 53.1 Å². The van der Waals surface area contributed by atoms with Gasteiger partial charge in [0.15, 0.2) is 0 Å². The summed E-state index contributed by atoms with van der Waals surface area (Å²) in [5.74, 6) is 0.206. The van der Waals surface area contributed by atoms with Crippen LogP contribution < -0.4 is 0 Å². The molecule has 1 aliphatic heterocycles. The van der Waals surface area contributed by atoms with E-state index in [0.29, 0.717) is 0 Å². The van der Waals surface area contributed by atoms with E-state index in [9.17, 15) is 9.90 Å². The van der Waals surface area contributed by atoms with Crippen molar-refractivity contribution in [2.24, 2.45) is 0 Å². The Bertz CT molecular complexity index is 661. The van der Waals surface area contributed by atoms with Crippen LogP contribution in [0.4, 0.5) is 0 Å². The first kappa shape index (κ1) is 13.9. The molecule has 4 nitrogen and oxygen atoms in total. The molecule has 3 rings (SSSR count). The van der Waals surface area contributed by atoms with Crippen molar-refractivity contribution in [3.63, 3.8) is 0 Å². The molecule has 0 amide bonds. The summed E-state index contributed by atoms with van der Waals surface area (Å²) < 4.78 is 2.23. The standard InChI is InChI=1S/C17H20N2O2/c1-12-6-2-3-7-13(12)14(10-17(20)21)15-11-18-16-8-4-5-9-19(15)16/h2-3,6-7,11,14H,4-5,8-10H2,1H3,(H,20,21). The molecule has 4 heteroatoms. The van der Waals surface area contributed by atoms with Crippen LogP contribution in [0, 0.1) is 6.92 Å². The molecule has 0 saturated heterocycles. The molecule has 1 aliphatic rings. The second-order valence-electron chi connectivity index (χ2n) is 5.72. The number of aromatic nitrogens is 2. The Kier molecular flexibility index (Phi) is 3.78. The zero-order valence-electron chi connectivity index (χ0n) is 12.2. The first-order valence-electron chi connectivity index (χ1n) is 7.48. The quantitative estimate of drug-likeness (QED) is 0.938. The van der Waals surface area contributed by atoms with Crippen molar-refractivity contribution in [1.82, 2.24) is 9.55 Å². The maximum Gasteiger partial charge on any atom is 0.304 e. The molecular weight excluding hydrogens is 264 g/mol. The van der Waals surface area contributed by atoms with Gasteiger partial charge in [-0.3, -0.25) is 4.79 Å². The molecule has 0 fully saturated rings. The predicted molar refractivity (Wildman–Crippen MR) is 80.4 cm³/mol. The number of aliphatic carboxylic acids is 1. The second-order valence-corrected chi connectivity index (χ2v) is 5.72. The van der Waals surface area contributed by atoms with Crippen LogP contribution in [-0.4, -0.2) is 20.6 Å². The summed E-state index contributed by atoms with van der Waals surface area (Å²) >= 11 is 0. The van der Waals surface area contributed by atoms with Gasteiger partial charge < -0.3 is 9.67 Å². The van der Waals surface area contributed by atoms with Crippen LogP contribution >= 0.6 is 0 Å². The molecule has 1 atom stereocenters. The van der Waals surface area contributed by atoms with E-state index < -0.39 is 5.97 Å². The zero-order valence-corrected chi connectivity index (χ0v) is 12.2. The highest BCUT2D eigenvalue weighted by Crippen LogP contribution is 2.32. The highest BCUT2D eigenvalue weighted by molar-refractivity contribution is 5.69. The number of carbonyl (C=O) groups is 1. The smallest absolute Gasteiger partial charge is 0.304 e. The van der Waals surface area contributed by atoms with Gasteiger partial charge in [0.1, 0.15) is 5.82 Å². The topological polar surface area (TPSA) is 55.1 Å². The number of benzene rings is 1. The van der Waals surface area contributed by atoms with Gasteiger partial charge in [0.05, 0.1) is 6.42 Å². The summed E-state index contributed by atoms with van der Waals surface area (Å²) in [6, 6.07) is 8.04. The normalized spacial score (nSPS) is 15.5. The summed E-state index contributed by atoms with van der Waals surface area (Å²) in [6.45, 7) is 2.99. The van der Waals surface area contributed by atoms with Gasteiger partial charge in [0, 0.05) is 30.8 Å². The number of hydrogen-bond donors (Lipinski definition) is 1. The molecule has 1 unspecified atom stereocenters. The highest BCUT2D eigenvalue weighted by Gasteiger charge is 2.25. The first-order valence-corrected chi connectivity index (χ1v) is 7.48. The highest BCUT2D eigenvalue weighted by atomic mass is 16.4. The maximum absolute atomic E-state index is 11.3. The van der Waals surface area contributed by atoms with Crippen LogP contribution in [0.2, 0.25) is 0 Å². The largest absolute Gasteiger partial charge is 0.481 e. The average Bonchev–Trinajstić information content (AvgIpc) is 2.89. The number of fused-ring (bicyclic) bond motifs is 1. The van der Waals surface area contributed by atoms with Crippen molar-refractivity contribution >= 4 is 5.97 Å². The van der Waals surface area contributed by atoms with Crippen molar-refractivity contribution in [3.8, 4) is 0 Å². The molecule has 0 saturated carbocycles. The lowest BCUT2D eigenvalue weighted by Gasteiger charge is -2.22. The molecule has 0 bridgehead atoms. The fraction of sp³-hybridized carbons (Fsp3) is 0.412. The average molecular weight is 284 g/mol. The Morgan fingerprint density at radius 2 is 2.19 bits per heavy atom. The number of carboxylic acids is 1. The van der Waals surface area contributed by atoms with E-state index in [-0.39, 0.29) is 12.3 Å². The van der Waals surface area contributed by atoms with Gasteiger partial charge in [-0.15, -0.1) is 0 Å². The summed E-state index contributed by atoms with van der Waals surface area (Å²) in [6.07, 6.45) is 5.29. The molecule has 2 aromatic rings. The maximum atomic E-state index is 11.3. The van der Waals surface area contributed by atoms with E-state index in [1.165, 1.54) is 6.42 Å². The third-order valence-electron chi connectivity index (χ3n) is 4.30. The fourth-order valence-electron chi connectivity index (χ4n) is 3.24. The summed E-state index contributed by atoms with van der Waals surface area (Å²) in [4.78, 5) is 15.8. The summed E-state index contributed by atoms with van der Waals surface area (Å²) in [5.41, 5.74) is 3.27. The van der Waals surface area contributed by atoms with Crippen molar-refractivity contribution in [1.29, 1.82) is 0 Å². The molecule has 1 aromatic carbocycles. The molecule has 110 valence electrons. The Balaban J connectivity index is 2.06. The lowest BCUT2D eigenvalue weighted by molar-refractivity contribution is -0.137. The molecule has 0 aliphatic carbocycles. The van der Waals surface area contributed by atoms with Gasteiger partial charge in [-0.05, 0) is 30.9 Å². The third-order valence-corrected chi connectivity index (χ3v) is 4.30. The molecule has 2 heterocycles. The van der Waals surface area contributed by atoms with E-state index in [4.69, 9.17) is 0 Å². The van der Waals surface area contributed by atoms with E-state index in [1.54, 1.807) is 0 Å². The molecule has 1 aromatic heterocycles. The number of hydrogen-bond acceptors (Lipinski definition) is 2. The lowest BCUT2D eigenvalue weighted by Crippen LogP contribution is -2.18. The van der Waals surface area contributed by atoms with Crippen LogP contribution in [-0.2, 0) is 17.8 Å². The van der Waals surface area contributed by atoms with Crippen LogP contribution in [0.15, 0.2) is 30.5 Å². The van der Waals surface area contributed by atoms with E-state index in [2.05, 4.69) is 9.55 Å². The van der Waals surface area contributed by atoms with Crippen molar-refractivity contribution < 1.29 is 9.90 Å². The minimum absolute atomic E-state index is 0.107. The first-order chi connectivity index (χ1) is 10.2. The van der Waals surface area contributed by atoms with E-state index in [0.717, 1.165) is 42.0 Å². The van der Waals surface area contributed by atoms with Crippen LogP contribution in [0.25, 0.3) is 0 Å². The van der Waals surface area contributed by atoms with Gasteiger partial charge >= 0.3 is 5.97 Å². The Labute approximate surface area is 124 Å². The van der Waals surface area contributed by atoms with Gasteiger partial charge in [-0.1, -0.05) is 24.3 Å². The van der Waals surface area contributed by atoms with Crippen molar-refractivity contribution in [2.75, 3.05) is 0 Å². The SMILES string of the molecule is Cc1ccccc1C(CC(=O)O)c1cnc2n1CCCC2. The van der Waals surface area contributed by atoms with Gasteiger partial charge in [-0.25, -0.2) is 4.98 Å². The number of aryl methyl sites for hydroxylation is 2. The van der Waals surface area contributed by atoms with Crippen LogP contribution in [0.1, 0.15) is 47.8 Å². The minimum atomic E-state index is -0.769. The number of carboxylic acid groups (broad SMARTS) is 1. The molecule has 1 N–H and O–H groups in total. The monoisotopic (exact) mass is 284 g/mol. The molecular formula is C17H20N2O2. The summed E-state index contributed by atoms with van der Waals surface area (Å²) in [7, 11) is 0. The van der Waals surface area contributed by atoms with E-state index >= 15 is 0 Å². The molecule has 0 radical (unpaired) electrons. The van der Waals surface area contributed by atoms with E-state index in [1.807, 2.05) is 37.4 Å². The zero-order chi connectivity index (χ0) is 14.8. The van der Waals surface area contributed by atoms with Gasteiger partial charge in [0.2, 0.25) is 0 Å². The van der Waals surface area contributed by atoms with Crippen molar-refractivity contribution in [2.45, 2.75) is 45.1 Å². The van der Waals surface area contributed by atoms with Gasteiger partial charge in [-0.2, -0.15) is 0 Å².